The molecule has 1 amide bonds. The van der Waals surface area contributed by atoms with Crippen LogP contribution in [0, 0.1) is 16.7 Å². The number of hydrogen-bond acceptors (Lipinski definition) is 2. The largest absolute Gasteiger partial charge is 0.325 e. The number of fused-ring (bicyclic) bond motifs is 2. The van der Waals surface area contributed by atoms with Gasteiger partial charge in [0.25, 0.3) is 0 Å². The summed E-state index contributed by atoms with van der Waals surface area (Å²) in [4.78, 5) is 25.5. The number of carbonyl (C=O) groups excluding carboxylic acids is 2. The molecule has 3 rings (SSSR count). The van der Waals surface area contributed by atoms with Crippen LogP contribution in [0.15, 0.2) is 24.3 Å². The van der Waals surface area contributed by atoms with Crippen LogP contribution in [0.5, 0.6) is 0 Å². The predicted octanol–water partition coefficient (Wildman–Crippen LogP) is 3.58. The maximum Gasteiger partial charge on any atom is 0.238 e. The number of aryl methyl sites for hydroxylation is 1. The zero-order valence-corrected chi connectivity index (χ0v) is 13.0. The molecule has 0 aliphatic heterocycles. The SMILES string of the molecule is CCc1ccccc1NC(=O)C12CCC(CC1=O)C2(C)C. The average molecular weight is 285 g/mol. The number of carbonyl (C=O) groups is 2. The Morgan fingerprint density at radius 1 is 1.33 bits per heavy atom. The smallest absolute Gasteiger partial charge is 0.238 e. The van der Waals surface area contributed by atoms with Gasteiger partial charge >= 0.3 is 0 Å². The number of Topliss-reactive ketones (excluding diaryl/α,β-unsaturated/α-hetero) is 1. The lowest BCUT2D eigenvalue weighted by Gasteiger charge is -2.35. The molecule has 1 N–H and O–H groups in total. The third kappa shape index (κ3) is 1.79. The fourth-order valence-corrected chi connectivity index (χ4v) is 4.39. The normalized spacial score (nSPS) is 29.7. The van der Waals surface area contributed by atoms with Crippen molar-refractivity contribution in [1.82, 2.24) is 0 Å². The van der Waals surface area contributed by atoms with E-state index >= 15 is 0 Å². The number of benzene rings is 1. The predicted molar refractivity (Wildman–Crippen MR) is 83.0 cm³/mol. The number of para-hydroxylation sites is 1. The van der Waals surface area contributed by atoms with Crippen molar-refractivity contribution >= 4 is 17.4 Å². The van der Waals surface area contributed by atoms with Crippen molar-refractivity contribution in [3.8, 4) is 0 Å². The summed E-state index contributed by atoms with van der Waals surface area (Å²) in [7, 11) is 0. The Labute approximate surface area is 126 Å². The number of amides is 1. The van der Waals surface area contributed by atoms with Gasteiger partial charge in [0.15, 0.2) is 0 Å². The first-order valence-corrected chi connectivity index (χ1v) is 7.86. The highest BCUT2D eigenvalue weighted by molar-refractivity contribution is 6.14. The van der Waals surface area contributed by atoms with Crippen LogP contribution >= 0.6 is 0 Å². The minimum atomic E-state index is -0.821. The molecule has 0 radical (unpaired) electrons. The number of nitrogens with one attached hydrogen (secondary N) is 1. The molecule has 2 unspecified atom stereocenters. The van der Waals surface area contributed by atoms with Gasteiger partial charge in [0.2, 0.25) is 5.91 Å². The molecule has 3 nitrogen and oxygen atoms in total. The summed E-state index contributed by atoms with van der Waals surface area (Å²) in [6.45, 7) is 6.24. The van der Waals surface area contributed by atoms with E-state index in [1.807, 2.05) is 24.3 Å². The van der Waals surface area contributed by atoms with E-state index in [1.165, 1.54) is 0 Å². The first kappa shape index (κ1) is 14.3. The topological polar surface area (TPSA) is 46.2 Å². The van der Waals surface area contributed by atoms with Gasteiger partial charge in [0.05, 0.1) is 0 Å². The molecule has 0 aromatic heterocycles. The maximum absolute atomic E-state index is 13.0. The van der Waals surface area contributed by atoms with Crippen molar-refractivity contribution in [1.29, 1.82) is 0 Å². The molecule has 21 heavy (non-hydrogen) atoms. The highest BCUT2D eigenvalue weighted by Gasteiger charge is 2.68. The summed E-state index contributed by atoms with van der Waals surface area (Å²) in [5.74, 6) is 0.394. The third-order valence-electron chi connectivity index (χ3n) is 5.93. The lowest BCUT2D eigenvalue weighted by atomic mass is 9.68. The van der Waals surface area contributed by atoms with E-state index in [1.54, 1.807) is 0 Å². The van der Waals surface area contributed by atoms with Crippen molar-refractivity contribution in [2.45, 2.75) is 46.5 Å². The number of ketones is 1. The van der Waals surface area contributed by atoms with Gasteiger partial charge in [-0.25, -0.2) is 0 Å². The van der Waals surface area contributed by atoms with E-state index in [0.717, 1.165) is 24.1 Å². The molecule has 1 aromatic rings. The Morgan fingerprint density at radius 2 is 2.05 bits per heavy atom. The van der Waals surface area contributed by atoms with E-state index < -0.39 is 5.41 Å². The second-order valence-electron chi connectivity index (χ2n) is 6.95. The van der Waals surface area contributed by atoms with Gasteiger partial charge < -0.3 is 5.32 Å². The van der Waals surface area contributed by atoms with Gasteiger partial charge in [-0.15, -0.1) is 0 Å². The summed E-state index contributed by atoms with van der Waals surface area (Å²) in [5, 5.41) is 3.05. The van der Waals surface area contributed by atoms with Crippen LogP contribution in [-0.2, 0) is 16.0 Å². The van der Waals surface area contributed by atoms with Gasteiger partial charge in [0, 0.05) is 12.1 Å². The first-order valence-electron chi connectivity index (χ1n) is 7.86. The van der Waals surface area contributed by atoms with Crippen molar-refractivity contribution < 1.29 is 9.59 Å². The zero-order valence-electron chi connectivity index (χ0n) is 13.0. The Hall–Kier alpha value is -1.64. The molecule has 2 saturated carbocycles. The summed E-state index contributed by atoms with van der Waals surface area (Å²) < 4.78 is 0. The molecule has 0 heterocycles. The molecule has 0 saturated heterocycles. The third-order valence-corrected chi connectivity index (χ3v) is 5.93. The minimum absolute atomic E-state index is 0.0987. The Morgan fingerprint density at radius 3 is 2.62 bits per heavy atom. The fraction of sp³-hybridized carbons (Fsp3) is 0.556. The van der Waals surface area contributed by atoms with Gasteiger partial charge in [-0.2, -0.15) is 0 Å². The quantitative estimate of drug-likeness (QED) is 0.863. The number of hydrogen-bond donors (Lipinski definition) is 1. The van der Waals surface area contributed by atoms with E-state index in [4.69, 9.17) is 0 Å². The lowest BCUT2D eigenvalue weighted by molar-refractivity contribution is -0.141. The van der Waals surface area contributed by atoms with Crippen LogP contribution in [-0.4, -0.2) is 11.7 Å². The molecule has 0 spiro atoms. The summed E-state index contributed by atoms with van der Waals surface area (Å²) in [6, 6.07) is 7.84. The van der Waals surface area contributed by atoms with Gasteiger partial charge in [-0.3, -0.25) is 9.59 Å². The summed E-state index contributed by atoms with van der Waals surface area (Å²) in [5.41, 5.74) is 0.909. The lowest BCUT2D eigenvalue weighted by Crippen LogP contribution is -2.46. The van der Waals surface area contributed by atoms with Gasteiger partial charge in [-0.1, -0.05) is 39.0 Å². The van der Waals surface area contributed by atoms with Crippen LogP contribution < -0.4 is 5.32 Å². The molecular formula is C18H23NO2. The van der Waals surface area contributed by atoms with Crippen LogP contribution in [0.2, 0.25) is 0 Å². The molecular weight excluding hydrogens is 262 g/mol. The second kappa shape index (κ2) is 4.69. The standard InChI is InChI=1S/C18H23NO2/c1-4-12-7-5-6-8-14(12)19-16(21)18-10-9-13(11-15(18)20)17(18,2)3/h5-8,13H,4,9-11H2,1-3H3,(H,19,21). The van der Waals surface area contributed by atoms with Crippen LogP contribution in [0.25, 0.3) is 0 Å². The minimum Gasteiger partial charge on any atom is -0.325 e. The highest BCUT2D eigenvalue weighted by Crippen LogP contribution is 2.64. The Balaban J connectivity index is 1.94. The Kier molecular flexibility index (Phi) is 3.19. The van der Waals surface area contributed by atoms with Crippen molar-refractivity contribution in [2.24, 2.45) is 16.7 Å². The number of rotatable bonds is 3. The molecule has 2 aliphatic rings. The second-order valence-corrected chi connectivity index (χ2v) is 6.95. The summed E-state index contributed by atoms with van der Waals surface area (Å²) >= 11 is 0. The van der Waals surface area contributed by atoms with Gasteiger partial charge in [0.1, 0.15) is 11.2 Å². The monoisotopic (exact) mass is 285 g/mol. The van der Waals surface area contributed by atoms with E-state index in [-0.39, 0.29) is 17.1 Å². The Bertz CT molecular complexity index is 605. The van der Waals surface area contributed by atoms with E-state index in [2.05, 4.69) is 26.1 Å². The maximum atomic E-state index is 13.0. The van der Waals surface area contributed by atoms with E-state index in [9.17, 15) is 9.59 Å². The first-order chi connectivity index (χ1) is 9.93. The molecule has 2 bridgehead atoms. The van der Waals surface area contributed by atoms with Crippen LogP contribution in [0.4, 0.5) is 5.69 Å². The molecule has 1 aromatic carbocycles. The molecule has 2 fully saturated rings. The van der Waals surface area contributed by atoms with Crippen molar-refractivity contribution in [2.75, 3.05) is 5.32 Å². The van der Waals surface area contributed by atoms with E-state index in [0.29, 0.717) is 18.8 Å². The molecule has 112 valence electrons. The van der Waals surface area contributed by atoms with Crippen LogP contribution in [0.1, 0.15) is 45.6 Å². The molecule has 2 atom stereocenters. The highest BCUT2D eigenvalue weighted by atomic mass is 16.2. The van der Waals surface area contributed by atoms with Gasteiger partial charge in [-0.05, 0) is 42.2 Å². The number of anilines is 1. The fourth-order valence-electron chi connectivity index (χ4n) is 4.39. The average Bonchev–Trinajstić information content (AvgIpc) is 2.82. The summed E-state index contributed by atoms with van der Waals surface area (Å²) in [6.07, 6.45) is 3.12. The molecule has 3 heteroatoms. The van der Waals surface area contributed by atoms with Crippen molar-refractivity contribution in [3.05, 3.63) is 29.8 Å². The van der Waals surface area contributed by atoms with Crippen molar-refractivity contribution in [3.63, 3.8) is 0 Å². The van der Waals surface area contributed by atoms with Crippen LogP contribution in [0.3, 0.4) is 0 Å². The molecule has 2 aliphatic carbocycles. The zero-order chi connectivity index (χ0) is 15.3.